The van der Waals surface area contributed by atoms with Gasteiger partial charge in [-0.25, -0.2) is 4.98 Å². The number of hydrogen-bond donors (Lipinski definition) is 1. The molecule has 0 bridgehead atoms. The van der Waals surface area contributed by atoms with E-state index in [9.17, 15) is 0 Å². The van der Waals surface area contributed by atoms with Crippen LogP contribution in [0.15, 0.2) is 22.9 Å². The largest absolute Gasteiger partial charge is 0.465 e. The van der Waals surface area contributed by atoms with Gasteiger partial charge < -0.3 is 14.3 Å². The summed E-state index contributed by atoms with van der Waals surface area (Å²) in [4.78, 5) is 6.84. The Labute approximate surface area is 126 Å². The van der Waals surface area contributed by atoms with Gasteiger partial charge in [-0.15, -0.1) is 0 Å². The lowest BCUT2D eigenvalue weighted by atomic mass is 10.2. The number of aryl methyl sites for hydroxylation is 1. The minimum atomic E-state index is 0.472. The molecule has 0 radical (unpaired) electrons. The molecule has 1 aliphatic rings. The zero-order chi connectivity index (χ0) is 14.8. The van der Waals surface area contributed by atoms with Gasteiger partial charge in [-0.1, -0.05) is 13.8 Å². The maximum Gasteiger partial charge on any atom is 0.122 e. The summed E-state index contributed by atoms with van der Waals surface area (Å²) >= 11 is 0. The summed E-state index contributed by atoms with van der Waals surface area (Å²) < 4.78 is 8.08. The lowest BCUT2D eigenvalue weighted by Gasteiger charge is -2.27. The third kappa shape index (κ3) is 3.36. The summed E-state index contributed by atoms with van der Waals surface area (Å²) in [5.41, 5.74) is 1.29. The number of furan rings is 1. The van der Waals surface area contributed by atoms with Crippen LogP contribution in [0, 0.1) is 6.92 Å². The molecule has 0 unspecified atom stereocenters. The van der Waals surface area contributed by atoms with Gasteiger partial charge in [0.2, 0.25) is 0 Å². The zero-order valence-corrected chi connectivity index (χ0v) is 13.1. The Bertz CT molecular complexity index is 599. The number of imidazole rings is 1. The summed E-state index contributed by atoms with van der Waals surface area (Å²) in [7, 11) is 0. The highest BCUT2D eigenvalue weighted by Gasteiger charge is 2.18. The Morgan fingerprint density at radius 1 is 1.38 bits per heavy atom. The molecule has 0 fully saturated rings. The van der Waals surface area contributed by atoms with E-state index in [0.29, 0.717) is 6.04 Å². The first-order chi connectivity index (χ1) is 10.1. The first-order valence-corrected chi connectivity index (χ1v) is 7.66. The first kappa shape index (κ1) is 14.4. The standard InChI is InChI=1S/C16H24N4O/c1-12(2)18-9-15-8-14(13(3)21-15)10-19-6-7-20-5-4-17-16(20)11-19/h4-5,8,12,18H,6-7,9-11H2,1-3H3. The molecule has 2 aromatic heterocycles. The molecule has 0 aliphatic carbocycles. The second-order valence-electron chi connectivity index (χ2n) is 6.08. The highest BCUT2D eigenvalue weighted by atomic mass is 16.3. The van der Waals surface area contributed by atoms with Crippen molar-refractivity contribution in [2.45, 2.75) is 53.0 Å². The fourth-order valence-electron chi connectivity index (χ4n) is 2.74. The van der Waals surface area contributed by atoms with Crippen LogP contribution in [0.3, 0.4) is 0 Å². The van der Waals surface area contributed by atoms with Crippen molar-refractivity contribution in [2.75, 3.05) is 6.54 Å². The predicted molar refractivity (Wildman–Crippen MR) is 81.8 cm³/mol. The molecule has 0 atom stereocenters. The van der Waals surface area contributed by atoms with Gasteiger partial charge in [-0.05, 0) is 13.0 Å². The van der Waals surface area contributed by atoms with Crippen LogP contribution in [-0.2, 0) is 26.2 Å². The Kier molecular flexibility index (Phi) is 4.12. The predicted octanol–water partition coefficient (Wildman–Crippen LogP) is 2.30. The maximum atomic E-state index is 5.85. The van der Waals surface area contributed by atoms with E-state index in [-0.39, 0.29) is 0 Å². The van der Waals surface area contributed by atoms with E-state index in [1.165, 1.54) is 5.56 Å². The second kappa shape index (κ2) is 6.03. The molecule has 3 heterocycles. The highest BCUT2D eigenvalue weighted by molar-refractivity contribution is 5.21. The average Bonchev–Trinajstić information content (AvgIpc) is 3.03. The van der Waals surface area contributed by atoms with Crippen molar-refractivity contribution in [3.63, 3.8) is 0 Å². The fourth-order valence-corrected chi connectivity index (χ4v) is 2.74. The van der Waals surface area contributed by atoms with E-state index >= 15 is 0 Å². The van der Waals surface area contributed by atoms with E-state index in [0.717, 1.165) is 50.1 Å². The van der Waals surface area contributed by atoms with Gasteiger partial charge in [0.05, 0.1) is 13.1 Å². The SMILES string of the molecule is Cc1oc(CNC(C)C)cc1CN1CCn2ccnc2C1. The Hall–Kier alpha value is -1.59. The maximum absolute atomic E-state index is 5.85. The van der Waals surface area contributed by atoms with Crippen LogP contribution in [0.1, 0.15) is 36.8 Å². The smallest absolute Gasteiger partial charge is 0.122 e. The Morgan fingerprint density at radius 2 is 2.24 bits per heavy atom. The van der Waals surface area contributed by atoms with Crippen LogP contribution < -0.4 is 5.32 Å². The van der Waals surface area contributed by atoms with Crippen molar-refractivity contribution in [1.82, 2.24) is 19.8 Å². The molecule has 0 spiro atoms. The molecule has 2 aromatic rings. The summed E-state index contributed by atoms with van der Waals surface area (Å²) in [6, 6.07) is 2.66. The molecule has 21 heavy (non-hydrogen) atoms. The van der Waals surface area contributed by atoms with Crippen LogP contribution in [0.25, 0.3) is 0 Å². The Morgan fingerprint density at radius 3 is 3.05 bits per heavy atom. The molecule has 0 saturated carbocycles. The molecular formula is C16H24N4O. The van der Waals surface area contributed by atoms with E-state index in [4.69, 9.17) is 4.42 Å². The first-order valence-electron chi connectivity index (χ1n) is 7.66. The number of aromatic nitrogens is 2. The minimum Gasteiger partial charge on any atom is -0.465 e. The quantitative estimate of drug-likeness (QED) is 0.917. The van der Waals surface area contributed by atoms with Gasteiger partial charge in [-0.3, -0.25) is 4.90 Å². The van der Waals surface area contributed by atoms with Crippen LogP contribution in [0.4, 0.5) is 0 Å². The summed E-state index contributed by atoms with van der Waals surface area (Å²) in [6.07, 6.45) is 3.95. The second-order valence-corrected chi connectivity index (χ2v) is 6.08. The molecule has 1 N–H and O–H groups in total. The summed E-state index contributed by atoms with van der Waals surface area (Å²) in [6.45, 7) is 11.1. The minimum absolute atomic E-state index is 0.472. The van der Waals surface area contributed by atoms with E-state index in [2.05, 4.69) is 52.8 Å². The van der Waals surface area contributed by atoms with E-state index < -0.39 is 0 Å². The molecule has 0 saturated heterocycles. The lowest BCUT2D eigenvalue weighted by molar-refractivity contribution is 0.207. The summed E-state index contributed by atoms with van der Waals surface area (Å²) in [5.74, 6) is 3.21. The van der Waals surface area contributed by atoms with E-state index in [1.807, 2.05) is 6.20 Å². The normalized spacial score (nSPS) is 15.6. The fraction of sp³-hybridized carbons (Fsp3) is 0.562. The monoisotopic (exact) mass is 288 g/mol. The van der Waals surface area contributed by atoms with Crippen molar-refractivity contribution in [3.05, 3.63) is 41.4 Å². The van der Waals surface area contributed by atoms with Crippen LogP contribution in [0.2, 0.25) is 0 Å². The average molecular weight is 288 g/mol. The summed E-state index contributed by atoms with van der Waals surface area (Å²) in [5, 5.41) is 3.39. The third-order valence-corrected chi connectivity index (χ3v) is 3.97. The Balaban J connectivity index is 1.63. The zero-order valence-electron chi connectivity index (χ0n) is 13.1. The van der Waals surface area contributed by atoms with Crippen molar-refractivity contribution in [3.8, 4) is 0 Å². The molecule has 114 valence electrons. The number of hydrogen-bond acceptors (Lipinski definition) is 4. The van der Waals surface area contributed by atoms with Crippen LogP contribution in [0.5, 0.6) is 0 Å². The number of nitrogens with zero attached hydrogens (tertiary/aromatic N) is 3. The number of nitrogens with one attached hydrogen (secondary N) is 1. The molecule has 3 rings (SSSR count). The lowest BCUT2D eigenvalue weighted by Crippen LogP contribution is -2.33. The molecule has 5 heteroatoms. The number of rotatable bonds is 5. The van der Waals surface area contributed by atoms with Crippen molar-refractivity contribution < 1.29 is 4.42 Å². The van der Waals surface area contributed by atoms with Crippen molar-refractivity contribution in [2.24, 2.45) is 0 Å². The molecule has 5 nitrogen and oxygen atoms in total. The van der Waals surface area contributed by atoms with Crippen molar-refractivity contribution >= 4 is 0 Å². The molecular weight excluding hydrogens is 264 g/mol. The molecule has 0 aromatic carbocycles. The van der Waals surface area contributed by atoms with Crippen LogP contribution in [-0.4, -0.2) is 27.0 Å². The van der Waals surface area contributed by atoms with Gasteiger partial charge in [0.1, 0.15) is 17.3 Å². The molecule has 1 aliphatic heterocycles. The van der Waals surface area contributed by atoms with Crippen LogP contribution >= 0.6 is 0 Å². The van der Waals surface area contributed by atoms with Gasteiger partial charge in [-0.2, -0.15) is 0 Å². The molecule has 0 amide bonds. The van der Waals surface area contributed by atoms with Gasteiger partial charge in [0.25, 0.3) is 0 Å². The van der Waals surface area contributed by atoms with Crippen molar-refractivity contribution in [1.29, 1.82) is 0 Å². The third-order valence-electron chi connectivity index (χ3n) is 3.97. The topological polar surface area (TPSA) is 46.2 Å². The van der Waals surface area contributed by atoms with Gasteiger partial charge in [0.15, 0.2) is 0 Å². The van der Waals surface area contributed by atoms with Gasteiger partial charge in [0, 0.05) is 43.6 Å². The number of fused-ring (bicyclic) bond motifs is 1. The highest BCUT2D eigenvalue weighted by Crippen LogP contribution is 2.19. The van der Waals surface area contributed by atoms with Gasteiger partial charge >= 0.3 is 0 Å². The van der Waals surface area contributed by atoms with E-state index in [1.54, 1.807) is 0 Å².